The van der Waals surface area contributed by atoms with Crippen LogP contribution in [0.5, 0.6) is 0 Å². The normalized spacial score (nSPS) is 11.1. The molecule has 0 bridgehead atoms. The third kappa shape index (κ3) is 3.00. The summed E-state index contributed by atoms with van der Waals surface area (Å²) in [6.45, 7) is 5.92. The maximum absolute atomic E-state index is 12.7. The van der Waals surface area contributed by atoms with Gasteiger partial charge >= 0.3 is 5.97 Å². The lowest BCUT2D eigenvalue weighted by atomic mass is 10.1. The van der Waals surface area contributed by atoms with Gasteiger partial charge in [0, 0.05) is 11.6 Å². The number of aromatic nitrogens is 3. The van der Waals surface area contributed by atoms with Crippen LogP contribution in [0.15, 0.2) is 24.3 Å². The highest BCUT2D eigenvalue weighted by molar-refractivity contribution is 7.19. The minimum Gasteiger partial charge on any atom is -0.465 e. The van der Waals surface area contributed by atoms with Gasteiger partial charge in [0.2, 0.25) is 4.96 Å². The number of para-hydroxylation sites is 1. The number of carbonyl (C=O) groups excluding carboxylic acids is 2. The number of amides is 1. The van der Waals surface area contributed by atoms with E-state index in [1.54, 1.807) is 24.3 Å². The number of carbonyl (C=O) groups is 2. The Morgan fingerprint density at radius 2 is 1.96 bits per heavy atom. The molecule has 0 aliphatic heterocycles. The van der Waals surface area contributed by atoms with Gasteiger partial charge in [0.25, 0.3) is 5.91 Å². The van der Waals surface area contributed by atoms with Crippen LogP contribution in [-0.2, 0) is 4.74 Å². The Morgan fingerprint density at radius 1 is 1.24 bits per heavy atom. The van der Waals surface area contributed by atoms with Crippen LogP contribution in [0.25, 0.3) is 4.96 Å². The molecule has 2 aromatic heterocycles. The molecule has 0 unspecified atom stereocenters. The molecule has 0 atom stereocenters. The fourth-order valence-electron chi connectivity index (χ4n) is 2.57. The standard InChI is InChI=1S/C17H18N4O3S/c1-9(2)14-19-20-17-21(14)10(3)13(25-17)15(22)18-12-8-6-5-7-11(12)16(23)24-4/h5-9H,1-4H3,(H,18,22). The van der Waals surface area contributed by atoms with Crippen LogP contribution in [0.3, 0.4) is 0 Å². The first kappa shape index (κ1) is 17.1. The summed E-state index contributed by atoms with van der Waals surface area (Å²) in [6.07, 6.45) is 0. The molecule has 7 nitrogen and oxygen atoms in total. The molecule has 1 N–H and O–H groups in total. The van der Waals surface area contributed by atoms with Crippen LogP contribution in [0.1, 0.15) is 51.3 Å². The van der Waals surface area contributed by atoms with Crippen molar-refractivity contribution in [3.8, 4) is 0 Å². The topological polar surface area (TPSA) is 85.6 Å². The minimum atomic E-state index is -0.500. The number of aryl methyl sites for hydroxylation is 1. The van der Waals surface area contributed by atoms with Crippen LogP contribution in [0, 0.1) is 6.92 Å². The van der Waals surface area contributed by atoms with Gasteiger partial charge in [-0.3, -0.25) is 9.20 Å². The maximum Gasteiger partial charge on any atom is 0.339 e. The predicted octanol–water partition coefficient (Wildman–Crippen LogP) is 3.26. The summed E-state index contributed by atoms with van der Waals surface area (Å²) >= 11 is 1.27. The molecule has 0 spiro atoms. The molecule has 3 aromatic rings. The van der Waals surface area contributed by atoms with Gasteiger partial charge < -0.3 is 10.1 Å². The lowest BCUT2D eigenvalue weighted by Crippen LogP contribution is -2.15. The number of hydrogen-bond acceptors (Lipinski definition) is 6. The number of methoxy groups -OCH3 is 1. The van der Waals surface area contributed by atoms with Crippen molar-refractivity contribution in [3.05, 3.63) is 46.2 Å². The molecule has 0 aliphatic rings. The first-order valence-corrected chi connectivity index (χ1v) is 8.58. The molecule has 130 valence electrons. The van der Waals surface area contributed by atoms with Crippen molar-refractivity contribution in [2.45, 2.75) is 26.7 Å². The number of hydrogen-bond donors (Lipinski definition) is 1. The lowest BCUT2D eigenvalue weighted by Gasteiger charge is -2.09. The van der Waals surface area contributed by atoms with Gasteiger partial charge in [-0.15, -0.1) is 10.2 Å². The highest BCUT2D eigenvalue weighted by atomic mass is 32.1. The summed E-state index contributed by atoms with van der Waals surface area (Å²) in [7, 11) is 1.31. The van der Waals surface area contributed by atoms with Crippen molar-refractivity contribution >= 4 is 33.9 Å². The van der Waals surface area contributed by atoms with Crippen molar-refractivity contribution in [2.75, 3.05) is 12.4 Å². The average Bonchev–Trinajstić information content (AvgIpc) is 3.15. The summed E-state index contributed by atoms with van der Waals surface area (Å²) in [5.41, 5.74) is 1.50. The molecule has 1 aromatic carbocycles. The Labute approximate surface area is 148 Å². The number of rotatable bonds is 4. The van der Waals surface area contributed by atoms with Gasteiger partial charge in [-0.2, -0.15) is 0 Å². The van der Waals surface area contributed by atoms with E-state index in [0.717, 1.165) is 11.5 Å². The SMILES string of the molecule is COC(=O)c1ccccc1NC(=O)c1sc2nnc(C(C)C)n2c1C. The van der Waals surface area contributed by atoms with E-state index >= 15 is 0 Å². The number of ether oxygens (including phenoxy) is 1. The zero-order valence-electron chi connectivity index (χ0n) is 14.4. The van der Waals surface area contributed by atoms with Crippen molar-refractivity contribution in [2.24, 2.45) is 0 Å². The van der Waals surface area contributed by atoms with Crippen molar-refractivity contribution in [3.63, 3.8) is 0 Å². The zero-order chi connectivity index (χ0) is 18.1. The highest BCUT2D eigenvalue weighted by Crippen LogP contribution is 2.27. The molecule has 25 heavy (non-hydrogen) atoms. The lowest BCUT2D eigenvalue weighted by molar-refractivity contribution is 0.0602. The monoisotopic (exact) mass is 358 g/mol. The zero-order valence-corrected chi connectivity index (χ0v) is 15.2. The second-order valence-electron chi connectivity index (χ2n) is 5.84. The number of nitrogens with zero attached hydrogens (tertiary/aromatic N) is 3. The Morgan fingerprint density at radius 3 is 2.64 bits per heavy atom. The van der Waals surface area contributed by atoms with Crippen LogP contribution in [-0.4, -0.2) is 33.6 Å². The second kappa shape index (κ2) is 6.64. The predicted molar refractivity (Wildman–Crippen MR) is 95.4 cm³/mol. The largest absolute Gasteiger partial charge is 0.465 e. The highest BCUT2D eigenvalue weighted by Gasteiger charge is 2.22. The van der Waals surface area contributed by atoms with Gasteiger partial charge in [-0.25, -0.2) is 4.79 Å². The molecule has 0 radical (unpaired) electrons. The summed E-state index contributed by atoms with van der Waals surface area (Å²) in [6, 6.07) is 6.74. The Hall–Kier alpha value is -2.74. The maximum atomic E-state index is 12.7. The molecular formula is C17H18N4O3S. The number of fused-ring (bicyclic) bond motifs is 1. The number of thiazole rings is 1. The Kier molecular flexibility index (Phi) is 4.54. The molecule has 2 heterocycles. The summed E-state index contributed by atoms with van der Waals surface area (Å²) in [4.78, 5) is 25.8. The molecule has 0 saturated heterocycles. The molecule has 1 amide bonds. The van der Waals surface area contributed by atoms with Crippen LogP contribution in [0.2, 0.25) is 0 Å². The third-order valence-corrected chi connectivity index (χ3v) is 4.95. The van der Waals surface area contributed by atoms with Gasteiger partial charge in [-0.05, 0) is 19.1 Å². The Bertz CT molecular complexity index is 958. The quantitative estimate of drug-likeness (QED) is 0.724. The van der Waals surface area contributed by atoms with Gasteiger partial charge in [0.1, 0.15) is 10.7 Å². The van der Waals surface area contributed by atoms with E-state index in [1.165, 1.54) is 18.4 Å². The summed E-state index contributed by atoms with van der Waals surface area (Å²) < 4.78 is 6.65. The van der Waals surface area contributed by atoms with E-state index < -0.39 is 5.97 Å². The van der Waals surface area contributed by atoms with Crippen molar-refractivity contribution in [1.29, 1.82) is 0 Å². The fraction of sp³-hybridized carbons (Fsp3) is 0.294. The van der Waals surface area contributed by atoms with E-state index in [1.807, 2.05) is 25.2 Å². The average molecular weight is 358 g/mol. The van der Waals surface area contributed by atoms with E-state index in [-0.39, 0.29) is 11.8 Å². The van der Waals surface area contributed by atoms with Gasteiger partial charge in [-0.1, -0.05) is 37.3 Å². The van der Waals surface area contributed by atoms with Crippen LogP contribution >= 0.6 is 11.3 Å². The van der Waals surface area contributed by atoms with Crippen molar-refractivity contribution < 1.29 is 14.3 Å². The number of benzene rings is 1. The third-order valence-electron chi connectivity index (χ3n) is 3.82. The molecule has 0 fully saturated rings. The molecule has 8 heteroatoms. The first-order valence-electron chi connectivity index (χ1n) is 7.77. The van der Waals surface area contributed by atoms with E-state index in [4.69, 9.17) is 4.74 Å². The van der Waals surface area contributed by atoms with E-state index in [9.17, 15) is 9.59 Å². The summed E-state index contributed by atoms with van der Waals surface area (Å²) in [5.74, 6) is 0.219. The van der Waals surface area contributed by atoms with Gasteiger partial charge in [0.15, 0.2) is 0 Å². The van der Waals surface area contributed by atoms with Crippen molar-refractivity contribution in [1.82, 2.24) is 14.6 Å². The number of nitrogens with one attached hydrogen (secondary N) is 1. The van der Waals surface area contributed by atoms with E-state index in [2.05, 4.69) is 15.5 Å². The molecule has 0 aliphatic carbocycles. The molecule has 0 saturated carbocycles. The van der Waals surface area contributed by atoms with Gasteiger partial charge in [0.05, 0.1) is 18.4 Å². The smallest absolute Gasteiger partial charge is 0.339 e. The molecular weight excluding hydrogens is 340 g/mol. The van der Waals surface area contributed by atoms with Crippen LogP contribution < -0.4 is 5.32 Å². The first-order chi connectivity index (χ1) is 11.9. The number of esters is 1. The van der Waals surface area contributed by atoms with E-state index in [0.29, 0.717) is 21.1 Å². The minimum absolute atomic E-state index is 0.194. The number of anilines is 1. The summed E-state index contributed by atoms with van der Waals surface area (Å²) in [5, 5.41) is 11.1. The Balaban J connectivity index is 1.97. The fourth-order valence-corrected chi connectivity index (χ4v) is 3.54. The second-order valence-corrected chi connectivity index (χ2v) is 6.82. The van der Waals surface area contributed by atoms with Crippen LogP contribution in [0.4, 0.5) is 5.69 Å². The molecule has 3 rings (SSSR count).